The van der Waals surface area contributed by atoms with E-state index in [4.69, 9.17) is 16.3 Å². The van der Waals surface area contributed by atoms with Crippen LogP contribution in [0.2, 0.25) is 5.02 Å². The van der Waals surface area contributed by atoms with Crippen LogP contribution in [-0.2, 0) is 0 Å². The van der Waals surface area contributed by atoms with Gasteiger partial charge in [0.2, 0.25) is 0 Å². The van der Waals surface area contributed by atoms with E-state index in [-0.39, 0.29) is 6.10 Å². The van der Waals surface area contributed by atoms with E-state index in [2.05, 4.69) is 32.2 Å². The molecule has 0 aromatic heterocycles. The summed E-state index contributed by atoms with van der Waals surface area (Å²) < 4.78 is 6.05. The van der Waals surface area contributed by atoms with E-state index in [1.807, 2.05) is 13.0 Å². The van der Waals surface area contributed by atoms with Crippen molar-refractivity contribution < 1.29 is 4.74 Å². The zero-order valence-corrected chi connectivity index (χ0v) is 13.1. The fourth-order valence-electron chi connectivity index (χ4n) is 2.12. The van der Waals surface area contributed by atoms with Gasteiger partial charge >= 0.3 is 0 Å². The summed E-state index contributed by atoms with van der Waals surface area (Å²) in [5.74, 6) is 1.37. The molecule has 1 aliphatic carbocycles. The molecular formula is C16H24ClNO. The van der Waals surface area contributed by atoms with Crippen LogP contribution in [0.15, 0.2) is 12.1 Å². The first kappa shape index (κ1) is 14.7. The highest BCUT2D eigenvalue weighted by Crippen LogP contribution is 2.31. The van der Waals surface area contributed by atoms with Crippen molar-refractivity contribution in [1.82, 2.24) is 5.32 Å². The van der Waals surface area contributed by atoms with Gasteiger partial charge in [0.15, 0.2) is 0 Å². The van der Waals surface area contributed by atoms with E-state index in [0.717, 1.165) is 34.5 Å². The fourth-order valence-corrected chi connectivity index (χ4v) is 2.55. The van der Waals surface area contributed by atoms with Gasteiger partial charge in [0.1, 0.15) is 11.9 Å². The Labute approximate surface area is 121 Å². The summed E-state index contributed by atoms with van der Waals surface area (Å²) in [6.07, 6.45) is 2.80. The molecule has 106 valence electrons. The molecule has 0 bridgehead atoms. The number of aryl methyl sites for hydroxylation is 1. The Morgan fingerprint density at radius 2 is 2.00 bits per heavy atom. The molecule has 1 unspecified atom stereocenters. The largest absolute Gasteiger partial charge is 0.489 e. The molecule has 1 aromatic rings. The molecule has 19 heavy (non-hydrogen) atoms. The van der Waals surface area contributed by atoms with Crippen molar-refractivity contribution >= 4 is 11.6 Å². The van der Waals surface area contributed by atoms with Crippen molar-refractivity contribution in [3.05, 3.63) is 28.3 Å². The Morgan fingerprint density at radius 1 is 1.32 bits per heavy atom. The average Bonchev–Trinajstić information content (AvgIpc) is 3.13. The molecule has 2 nitrogen and oxygen atoms in total. The molecule has 0 heterocycles. The van der Waals surface area contributed by atoms with Crippen molar-refractivity contribution in [3.8, 4) is 5.75 Å². The molecule has 1 saturated carbocycles. The van der Waals surface area contributed by atoms with Gasteiger partial charge in [-0.15, -0.1) is 0 Å². The predicted octanol–water partition coefficient (Wildman–Crippen LogP) is 4.29. The lowest BCUT2D eigenvalue weighted by atomic mass is 10.0. The second-order valence-corrected chi connectivity index (χ2v) is 6.31. The fraction of sp³-hybridized carbons (Fsp3) is 0.625. The lowest BCUT2D eigenvalue weighted by molar-refractivity contribution is 0.215. The van der Waals surface area contributed by atoms with E-state index in [9.17, 15) is 0 Å². The molecule has 0 aliphatic heterocycles. The third-order valence-electron chi connectivity index (χ3n) is 3.52. The minimum absolute atomic E-state index is 0.181. The topological polar surface area (TPSA) is 21.3 Å². The molecule has 3 heteroatoms. The molecule has 1 N–H and O–H groups in total. The van der Waals surface area contributed by atoms with E-state index in [1.54, 1.807) is 0 Å². The van der Waals surface area contributed by atoms with Crippen LogP contribution >= 0.6 is 11.6 Å². The van der Waals surface area contributed by atoms with Gasteiger partial charge in [0.05, 0.1) is 0 Å². The molecule has 1 fully saturated rings. The number of nitrogens with one attached hydrogen (secondary N) is 1. The minimum Gasteiger partial charge on any atom is -0.489 e. The van der Waals surface area contributed by atoms with E-state index in [0.29, 0.717) is 5.92 Å². The Morgan fingerprint density at radius 3 is 2.58 bits per heavy atom. The Hall–Kier alpha value is -0.730. The molecule has 1 atom stereocenters. The first-order valence-electron chi connectivity index (χ1n) is 7.17. The molecule has 0 amide bonds. The van der Waals surface area contributed by atoms with Gasteiger partial charge in [-0.05, 0) is 55.9 Å². The number of ether oxygens (including phenoxy) is 1. The van der Waals surface area contributed by atoms with Crippen molar-refractivity contribution in [3.63, 3.8) is 0 Å². The molecule has 1 aliphatic rings. The highest BCUT2D eigenvalue weighted by atomic mass is 35.5. The maximum absolute atomic E-state index is 6.28. The van der Waals surface area contributed by atoms with Crippen LogP contribution in [-0.4, -0.2) is 18.7 Å². The predicted molar refractivity (Wildman–Crippen MR) is 81.4 cm³/mol. The standard InChI is InChI=1S/C16H24ClNO/c1-10(2)14-8-16(11(3)7-15(14)17)19-12(4)9-18-13-5-6-13/h7-8,10,12-13,18H,5-6,9H2,1-4H3. The summed E-state index contributed by atoms with van der Waals surface area (Å²) in [5.41, 5.74) is 2.26. The van der Waals surface area contributed by atoms with Crippen LogP contribution < -0.4 is 10.1 Å². The van der Waals surface area contributed by atoms with Gasteiger partial charge in [-0.2, -0.15) is 0 Å². The van der Waals surface area contributed by atoms with E-state index < -0.39 is 0 Å². The Bertz CT molecular complexity index is 441. The Balaban J connectivity index is 2.03. The number of hydrogen-bond acceptors (Lipinski definition) is 2. The summed E-state index contributed by atoms with van der Waals surface area (Å²) in [5, 5.41) is 4.33. The van der Waals surface area contributed by atoms with Crippen LogP contribution in [0.4, 0.5) is 0 Å². The Kier molecular flexibility index (Phi) is 4.75. The number of hydrogen-bond donors (Lipinski definition) is 1. The first-order valence-corrected chi connectivity index (χ1v) is 7.55. The lowest BCUT2D eigenvalue weighted by Gasteiger charge is -2.19. The third kappa shape index (κ3) is 4.12. The van der Waals surface area contributed by atoms with Crippen molar-refractivity contribution in [2.75, 3.05) is 6.54 Å². The lowest BCUT2D eigenvalue weighted by Crippen LogP contribution is -2.30. The highest BCUT2D eigenvalue weighted by molar-refractivity contribution is 6.31. The van der Waals surface area contributed by atoms with Gasteiger partial charge in [-0.25, -0.2) is 0 Å². The number of halogens is 1. The smallest absolute Gasteiger partial charge is 0.123 e. The number of benzene rings is 1. The maximum atomic E-state index is 6.28. The van der Waals surface area contributed by atoms with Gasteiger partial charge in [-0.1, -0.05) is 25.4 Å². The van der Waals surface area contributed by atoms with Crippen LogP contribution in [0.3, 0.4) is 0 Å². The molecule has 0 saturated heterocycles. The van der Waals surface area contributed by atoms with Gasteiger partial charge in [0.25, 0.3) is 0 Å². The number of rotatable bonds is 6. The third-order valence-corrected chi connectivity index (χ3v) is 3.84. The summed E-state index contributed by atoms with van der Waals surface area (Å²) >= 11 is 6.28. The van der Waals surface area contributed by atoms with Crippen molar-refractivity contribution in [1.29, 1.82) is 0 Å². The monoisotopic (exact) mass is 281 g/mol. The average molecular weight is 282 g/mol. The van der Waals surface area contributed by atoms with Crippen molar-refractivity contribution in [2.24, 2.45) is 0 Å². The summed E-state index contributed by atoms with van der Waals surface area (Å²) in [6.45, 7) is 9.37. The van der Waals surface area contributed by atoms with Crippen LogP contribution in [0.1, 0.15) is 50.7 Å². The van der Waals surface area contributed by atoms with Crippen molar-refractivity contribution in [2.45, 2.75) is 58.6 Å². The van der Waals surface area contributed by atoms with E-state index in [1.165, 1.54) is 12.8 Å². The van der Waals surface area contributed by atoms with E-state index >= 15 is 0 Å². The summed E-state index contributed by atoms with van der Waals surface area (Å²) in [7, 11) is 0. The van der Waals surface area contributed by atoms with Crippen LogP contribution in [0.5, 0.6) is 5.75 Å². The molecular weight excluding hydrogens is 258 g/mol. The zero-order valence-electron chi connectivity index (χ0n) is 12.3. The van der Waals surface area contributed by atoms with Gasteiger partial charge in [0, 0.05) is 17.6 Å². The minimum atomic E-state index is 0.181. The summed E-state index contributed by atoms with van der Waals surface area (Å²) in [4.78, 5) is 0. The molecule has 0 spiro atoms. The van der Waals surface area contributed by atoms with Gasteiger partial charge < -0.3 is 10.1 Å². The normalized spacial score (nSPS) is 16.7. The maximum Gasteiger partial charge on any atom is 0.123 e. The SMILES string of the molecule is Cc1cc(Cl)c(C(C)C)cc1OC(C)CNC1CC1. The second kappa shape index (κ2) is 6.15. The van der Waals surface area contributed by atoms with Crippen LogP contribution in [0, 0.1) is 6.92 Å². The molecule has 2 rings (SSSR count). The first-order chi connectivity index (χ1) is 8.97. The van der Waals surface area contributed by atoms with Gasteiger partial charge in [-0.3, -0.25) is 0 Å². The second-order valence-electron chi connectivity index (χ2n) is 5.90. The molecule has 1 aromatic carbocycles. The van der Waals surface area contributed by atoms with Crippen LogP contribution in [0.25, 0.3) is 0 Å². The quantitative estimate of drug-likeness (QED) is 0.840. The molecule has 0 radical (unpaired) electrons. The highest BCUT2D eigenvalue weighted by Gasteiger charge is 2.21. The summed E-state index contributed by atoms with van der Waals surface area (Å²) in [6, 6.07) is 4.83. The zero-order chi connectivity index (χ0) is 14.0.